The summed E-state index contributed by atoms with van der Waals surface area (Å²) in [5.41, 5.74) is 0.757. The third kappa shape index (κ3) is 5.83. The number of fused-ring (bicyclic) bond motifs is 1. The Morgan fingerprint density at radius 2 is 1.81 bits per heavy atom. The fraction of sp³-hybridized carbons (Fsp3) is 0.409. The SMILES string of the molecule is COc1ccc(OC)c(C(C)NC(=O)CCNS(=O)(=O)c2ccc3c(c2)OCCCO3)c1. The first-order valence-corrected chi connectivity index (χ1v) is 11.7. The van der Waals surface area contributed by atoms with E-state index in [1.165, 1.54) is 12.1 Å². The zero-order valence-corrected chi connectivity index (χ0v) is 19.2. The molecule has 3 rings (SSSR count). The first-order valence-electron chi connectivity index (χ1n) is 10.2. The van der Waals surface area contributed by atoms with Crippen LogP contribution in [0.4, 0.5) is 0 Å². The van der Waals surface area contributed by atoms with Crippen LogP contribution < -0.4 is 29.0 Å². The van der Waals surface area contributed by atoms with Crippen molar-refractivity contribution >= 4 is 15.9 Å². The van der Waals surface area contributed by atoms with Gasteiger partial charge >= 0.3 is 0 Å². The number of hydrogen-bond acceptors (Lipinski definition) is 7. The third-order valence-electron chi connectivity index (χ3n) is 4.95. The number of amides is 1. The van der Waals surface area contributed by atoms with Gasteiger partial charge in [-0.15, -0.1) is 0 Å². The number of carbonyl (C=O) groups is 1. The van der Waals surface area contributed by atoms with E-state index in [-0.39, 0.29) is 29.8 Å². The van der Waals surface area contributed by atoms with Gasteiger partial charge in [-0.05, 0) is 37.3 Å². The first kappa shape index (κ1) is 23.7. The molecule has 2 N–H and O–H groups in total. The Kier molecular flexibility index (Phi) is 7.81. The molecule has 2 aromatic carbocycles. The highest BCUT2D eigenvalue weighted by atomic mass is 32.2. The number of rotatable bonds is 9. The molecule has 1 amide bonds. The molecule has 1 aliphatic rings. The molecule has 1 aliphatic heterocycles. The maximum Gasteiger partial charge on any atom is 0.240 e. The Bertz CT molecular complexity index is 1060. The van der Waals surface area contributed by atoms with Gasteiger partial charge in [-0.3, -0.25) is 4.79 Å². The highest BCUT2D eigenvalue weighted by Crippen LogP contribution is 2.32. The monoisotopic (exact) mass is 464 g/mol. The van der Waals surface area contributed by atoms with Crippen molar-refractivity contribution in [3.8, 4) is 23.0 Å². The van der Waals surface area contributed by atoms with Crippen LogP contribution in [0.3, 0.4) is 0 Å². The average molecular weight is 465 g/mol. The molecule has 0 aliphatic carbocycles. The van der Waals surface area contributed by atoms with Crippen molar-refractivity contribution in [1.82, 2.24) is 10.0 Å². The summed E-state index contributed by atoms with van der Waals surface area (Å²) >= 11 is 0. The number of nitrogens with one attached hydrogen (secondary N) is 2. The third-order valence-corrected chi connectivity index (χ3v) is 6.41. The van der Waals surface area contributed by atoms with Gasteiger partial charge in [0.25, 0.3) is 0 Å². The fourth-order valence-corrected chi connectivity index (χ4v) is 4.31. The van der Waals surface area contributed by atoms with Crippen molar-refractivity contribution in [2.75, 3.05) is 34.0 Å². The van der Waals surface area contributed by atoms with E-state index in [1.54, 1.807) is 38.5 Å². The summed E-state index contributed by atoms with van der Waals surface area (Å²) in [6.45, 7) is 2.74. The van der Waals surface area contributed by atoms with Crippen LogP contribution in [0, 0.1) is 0 Å². The number of carbonyl (C=O) groups excluding carboxylic acids is 1. The number of methoxy groups -OCH3 is 2. The quantitative estimate of drug-likeness (QED) is 0.586. The molecule has 32 heavy (non-hydrogen) atoms. The highest BCUT2D eigenvalue weighted by molar-refractivity contribution is 7.89. The van der Waals surface area contributed by atoms with E-state index in [4.69, 9.17) is 18.9 Å². The van der Waals surface area contributed by atoms with E-state index < -0.39 is 10.0 Å². The Morgan fingerprint density at radius 3 is 2.53 bits per heavy atom. The van der Waals surface area contributed by atoms with Crippen LogP contribution in [0.5, 0.6) is 23.0 Å². The van der Waals surface area contributed by atoms with Crippen LogP contribution in [0.2, 0.25) is 0 Å². The fourth-order valence-electron chi connectivity index (χ4n) is 3.26. The van der Waals surface area contributed by atoms with E-state index in [0.717, 1.165) is 12.0 Å². The molecule has 2 aromatic rings. The summed E-state index contributed by atoms with van der Waals surface area (Å²) in [6, 6.07) is 9.42. The van der Waals surface area contributed by atoms with Crippen molar-refractivity contribution in [2.24, 2.45) is 0 Å². The minimum atomic E-state index is -3.80. The van der Waals surface area contributed by atoms with Gasteiger partial charge in [0.1, 0.15) is 11.5 Å². The average Bonchev–Trinajstić information content (AvgIpc) is 3.03. The smallest absolute Gasteiger partial charge is 0.240 e. The van der Waals surface area contributed by atoms with Crippen molar-refractivity contribution in [3.63, 3.8) is 0 Å². The molecule has 0 saturated carbocycles. The van der Waals surface area contributed by atoms with E-state index in [9.17, 15) is 13.2 Å². The van der Waals surface area contributed by atoms with Crippen molar-refractivity contribution in [1.29, 1.82) is 0 Å². The van der Waals surface area contributed by atoms with E-state index in [1.807, 2.05) is 6.92 Å². The number of hydrogen-bond donors (Lipinski definition) is 2. The largest absolute Gasteiger partial charge is 0.497 e. The Hall–Kier alpha value is -2.98. The molecule has 0 spiro atoms. The lowest BCUT2D eigenvalue weighted by Crippen LogP contribution is -2.32. The molecule has 1 heterocycles. The predicted octanol–water partition coefficient (Wildman–Crippen LogP) is 2.41. The van der Waals surface area contributed by atoms with Gasteiger partial charge in [-0.1, -0.05) is 0 Å². The zero-order chi connectivity index (χ0) is 23.1. The Morgan fingerprint density at radius 1 is 1.06 bits per heavy atom. The summed E-state index contributed by atoms with van der Waals surface area (Å²) in [4.78, 5) is 12.4. The molecular weight excluding hydrogens is 436 g/mol. The number of ether oxygens (including phenoxy) is 4. The van der Waals surface area contributed by atoms with Crippen LogP contribution in [0.1, 0.15) is 31.4 Å². The molecule has 9 nitrogen and oxygen atoms in total. The Balaban J connectivity index is 1.57. The van der Waals surface area contributed by atoms with Crippen LogP contribution in [-0.2, 0) is 14.8 Å². The Labute approximate surface area is 188 Å². The standard InChI is InChI=1S/C22H28N2O7S/c1-15(18-13-16(28-2)5-7-19(18)29-3)24-22(25)9-10-23-32(26,27)17-6-8-20-21(14-17)31-12-4-11-30-20/h5-8,13-15,23H,4,9-12H2,1-3H3,(H,24,25). The van der Waals surface area contributed by atoms with Crippen LogP contribution in [0.15, 0.2) is 41.3 Å². The molecule has 0 aromatic heterocycles. The minimum Gasteiger partial charge on any atom is -0.497 e. The second-order valence-electron chi connectivity index (χ2n) is 7.20. The molecule has 0 radical (unpaired) electrons. The second-order valence-corrected chi connectivity index (χ2v) is 8.97. The highest BCUT2D eigenvalue weighted by Gasteiger charge is 2.20. The van der Waals surface area contributed by atoms with Gasteiger partial charge < -0.3 is 24.3 Å². The summed E-state index contributed by atoms with van der Waals surface area (Å²) in [6.07, 6.45) is 0.699. The molecule has 10 heteroatoms. The van der Waals surface area contributed by atoms with E-state index in [0.29, 0.717) is 36.2 Å². The summed E-state index contributed by atoms with van der Waals surface area (Å²) < 4.78 is 49.3. The maximum absolute atomic E-state index is 12.6. The molecule has 174 valence electrons. The van der Waals surface area contributed by atoms with Crippen molar-refractivity contribution < 1.29 is 32.2 Å². The first-order chi connectivity index (χ1) is 15.3. The predicted molar refractivity (Wildman–Crippen MR) is 118 cm³/mol. The van der Waals surface area contributed by atoms with Gasteiger partial charge in [0.05, 0.1) is 38.4 Å². The number of sulfonamides is 1. The van der Waals surface area contributed by atoms with Crippen LogP contribution in [0.25, 0.3) is 0 Å². The van der Waals surface area contributed by atoms with E-state index >= 15 is 0 Å². The minimum absolute atomic E-state index is 0.0274. The molecule has 1 unspecified atom stereocenters. The lowest BCUT2D eigenvalue weighted by molar-refractivity contribution is -0.121. The normalized spacial score (nSPS) is 14.2. The molecule has 0 bridgehead atoms. The van der Waals surface area contributed by atoms with Crippen molar-refractivity contribution in [3.05, 3.63) is 42.0 Å². The zero-order valence-electron chi connectivity index (χ0n) is 18.3. The topological polar surface area (TPSA) is 112 Å². The van der Waals surface area contributed by atoms with Crippen LogP contribution >= 0.6 is 0 Å². The summed E-state index contributed by atoms with van der Waals surface area (Å²) in [7, 11) is -0.694. The molecule has 1 atom stereocenters. The maximum atomic E-state index is 12.6. The molecular formula is C22H28N2O7S. The van der Waals surface area contributed by atoms with Crippen molar-refractivity contribution in [2.45, 2.75) is 30.7 Å². The van der Waals surface area contributed by atoms with Gasteiger partial charge in [0.2, 0.25) is 15.9 Å². The second kappa shape index (κ2) is 10.6. The van der Waals surface area contributed by atoms with Crippen LogP contribution in [-0.4, -0.2) is 48.3 Å². The van der Waals surface area contributed by atoms with Gasteiger partial charge in [-0.2, -0.15) is 0 Å². The number of benzene rings is 2. The van der Waals surface area contributed by atoms with E-state index in [2.05, 4.69) is 10.0 Å². The summed E-state index contributed by atoms with van der Waals surface area (Å²) in [5.74, 6) is 1.87. The molecule has 0 saturated heterocycles. The van der Waals surface area contributed by atoms with Gasteiger partial charge in [0, 0.05) is 31.0 Å². The lowest BCUT2D eigenvalue weighted by Gasteiger charge is -2.18. The van der Waals surface area contributed by atoms with Gasteiger partial charge in [0.15, 0.2) is 11.5 Å². The van der Waals surface area contributed by atoms with Gasteiger partial charge in [-0.25, -0.2) is 13.1 Å². The molecule has 0 fully saturated rings. The lowest BCUT2D eigenvalue weighted by atomic mass is 10.1. The summed E-state index contributed by atoms with van der Waals surface area (Å²) in [5, 5.41) is 2.85.